The van der Waals surface area contributed by atoms with Crippen molar-refractivity contribution in [3.05, 3.63) is 23.8 Å². The average Bonchev–Trinajstić information content (AvgIpc) is 2.46. The van der Waals surface area contributed by atoms with Gasteiger partial charge in [0.15, 0.2) is 6.61 Å². The molecular weight excluding hydrogens is 272 g/mol. The van der Waals surface area contributed by atoms with E-state index in [2.05, 4.69) is 10.6 Å². The first-order valence-corrected chi connectivity index (χ1v) is 6.88. The molecule has 0 spiro atoms. The predicted octanol–water partition coefficient (Wildman–Crippen LogP) is 1.30. The highest BCUT2D eigenvalue weighted by Gasteiger charge is 2.22. The monoisotopic (exact) mass is 292 g/mol. The molecule has 0 bridgehead atoms. The quantitative estimate of drug-likeness (QED) is 0.800. The highest BCUT2D eigenvalue weighted by atomic mass is 16.5. The Balaban J connectivity index is 2.04. The topological polar surface area (TPSA) is 76.7 Å². The van der Waals surface area contributed by atoms with Gasteiger partial charge in [-0.3, -0.25) is 9.59 Å². The molecule has 0 saturated carbocycles. The molecule has 2 N–H and O–H groups in total. The summed E-state index contributed by atoms with van der Waals surface area (Å²) in [6.07, 6.45) is 0. The fourth-order valence-electron chi connectivity index (χ4n) is 2.19. The van der Waals surface area contributed by atoms with Crippen LogP contribution >= 0.6 is 0 Å². The van der Waals surface area contributed by atoms with Gasteiger partial charge in [0, 0.05) is 6.54 Å². The zero-order chi connectivity index (χ0) is 15.4. The Bertz CT molecular complexity index is 542. The molecule has 1 aromatic rings. The van der Waals surface area contributed by atoms with Gasteiger partial charge in [0.05, 0.1) is 12.8 Å². The number of ether oxygens (including phenoxy) is 2. The van der Waals surface area contributed by atoms with Crippen LogP contribution in [-0.2, 0) is 20.9 Å². The summed E-state index contributed by atoms with van der Waals surface area (Å²) in [6.45, 7) is 4.45. The number of carbonyl (C=O) groups is 2. The van der Waals surface area contributed by atoms with Crippen LogP contribution in [0.3, 0.4) is 0 Å². The summed E-state index contributed by atoms with van der Waals surface area (Å²) >= 11 is 0. The third kappa shape index (κ3) is 3.72. The first-order chi connectivity index (χ1) is 10.0. The number of nitrogens with one attached hydrogen (secondary N) is 2. The van der Waals surface area contributed by atoms with E-state index < -0.39 is 0 Å². The Morgan fingerprint density at radius 2 is 2.24 bits per heavy atom. The molecule has 1 unspecified atom stereocenters. The van der Waals surface area contributed by atoms with E-state index in [-0.39, 0.29) is 30.4 Å². The van der Waals surface area contributed by atoms with Crippen LogP contribution in [-0.4, -0.2) is 31.6 Å². The lowest BCUT2D eigenvalue weighted by molar-refractivity contribution is -0.144. The number of hydrogen-bond donors (Lipinski definition) is 2. The molecule has 21 heavy (non-hydrogen) atoms. The van der Waals surface area contributed by atoms with Crippen LogP contribution in [0.4, 0.5) is 5.69 Å². The Labute approximate surface area is 123 Å². The number of carbonyl (C=O) groups excluding carboxylic acids is 2. The number of hydrogen-bond acceptors (Lipinski definition) is 5. The van der Waals surface area contributed by atoms with Crippen LogP contribution in [0.1, 0.15) is 19.4 Å². The molecule has 1 aliphatic heterocycles. The number of rotatable bonds is 5. The fraction of sp³-hybridized carbons (Fsp3) is 0.467. The van der Waals surface area contributed by atoms with E-state index in [1.54, 1.807) is 0 Å². The minimum Gasteiger partial charge on any atom is -0.482 e. The summed E-state index contributed by atoms with van der Waals surface area (Å²) in [5.41, 5.74) is 1.61. The van der Waals surface area contributed by atoms with Crippen molar-refractivity contribution in [1.82, 2.24) is 5.32 Å². The highest BCUT2D eigenvalue weighted by Crippen LogP contribution is 2.28. The number of fused-ring (bicyclic) bond motifs is 1. The van der Waals surface area contributed by atoms with Gasteiger partial charge in [0.2, 0.25) is 0 Å². The molecule has 6 nitrogen and oxygen atoms in total. The van der Waals surface area contributed by atoms with E-state index in [1.807, 2.05) is 32.0 Å². The second-order valence-corrected chi connectivity index (χ2v) is 5.29. The first kappa shape index (κ1) is 15.3. The van der Waals surface area contributed by atoms with Gasteiger partial charge in [-0.1, -0.05) is 19.9 Å². The molecular formula is C15H20N2O4. The maximum absolute atomic E-state index is 11.7. The zero-order valence-electron chi connectivity index (χ0n) is 12.4. The number of anilines is 1. The molecule has 0 saturated heterocycles. The molecule has 6 heteroatoms. The lowest BCUT2D eigenvalue weighted by Gasteiger charge is -2.21. The van der Waals surface area contributed by atoms with E-state index in [0.717, 1.165) is 5.56 Å². The molecule has 0 fully saturated rings. The summed E-state index contributed by atoms with van der Waals surface area (Å²) in [7, 11) is 1.38. The Morgan fingerprint density at radius 1 is 1.48 bits per heavy atom. The third-order valence-corrected chi connectivity index (χ3v) is 3.32. The second-order valence-electron chi connectivity index (χ2n) is 5.29. The smallest absolute Gasteiger partial charge is 0.323 e. The number of esters is 1. The van der Waals surface area contributed by atoms with Crippen LogP contribution < -0.4 is 15.4 Å². The Morgan fingerprint density at radius 3 is 2.90 bits per heavy atom. The van der Waals surface area contributed by atoms with Crippen LogP contribution in [0.25, 0.3) is 0 Å². The molecule has 2 rings (SSSR count). The van der Waals surface area contributed by atoms with E-state index in [1.165, 1.54) is 7.11 Å². The van der Waals surface area contributed by atoms with Gasteiger partial charge in [0.25, 0.3) is 5.91 Å². The number of amides is 1. The molecule has 114 valence electrons. The maximum Gasteiger partial charge on any atom is 0.323 e. The molecule has 1 atom stereocenters. The van der Waals surface area contributed by atoms with Crippen molar-refractivity contribution in [3.63, 3.8) is 0 Å². The second kappa shape index (κ2) is 6.58. The van der Waals surface area contributed by atoms with Crippen molar-refractivity contribution >= 4 is 17.6 Å². The summed E-state index contributed by atoms with van der Waals surface area (Å²) < 4.78 is 10.1. The van der Waals surface area contributed by atoms with Crippen molar-refractivity contribution in [2.24, 2.45) is 5.92 Å². The highest BCUT2D eigenvalue weighted by molar-refractivity contribution is 5.95. The van der Waals surface area contributed by atoms with Crippen LogP contribution in [0.15, 0.2) is 18.2 Å². The van der Waals surface area contributed by atoms with Crippen LogP contribution in [0.5, 0.6) is 5.75 Å². The van der Waals surface area contributed by atoms with Gasteiger partial charge in [-0.05, 0) is 23.6 Å². The number of benzene rings is 1. The lowest BCUT2D eigenvalue weighted by atomic mass is 10.0. The minimum absolute atomic E-state index is 0.0440. The van der Waals surface area contributed by atoms with E-state index in [0.29, 0.717) is 18.0 Å². The van der Waals surface area contributed by atoms with E-state index in [9.17, 15) is 9.59 Å². The molecule has 1 amide bonds. The number of methoxy groups -OCH3 is 1. The van der Waals surface area contributed by atoms with Gasteiger partial charge in [-0.15, -0.1) is 0 Å². The summed E-state index contributed by atoms with van der Waals surface area (Å²) in [5, 5.41) is 5.94. The molecule has 1 heterocycles. The Hall–Kier alpha value is -2.08. The van der Waals surface area contributed by atoms with Crippen LogP contribution in [0, 0.1) is 5.92 Å². The summed E-state index contributed by atoms with van der Waals surface area (Å²) in [4.78, 5) is 23.0. The van der Waals surface area contributed by atoms with Gasteiger partial charge in [-0.25, -0.2) is 0 Å². The van der Waals surface area contributed by atoms with E-state index in [4.69, 9.17) is 9.47 Å². The SMILES string of the molecule is COC(=O)C(NCc1ccc2c(c1)NC(=O)CO2)C(C)C. The zero-order valence-corrected chi connectivity index (χ0v) is 12.4. The minimum atomic E-state index is -0.364. The fourth-order valence-corrected chi connectivity index (χ4v) is 2.19. The normalized spacial score (nSPS) is 15.0. The predicted molar refractivity (Wildman–Crippen MR) is 78.0 cm³/mol. The molecule has 0 aromatic heterocycles. The maximum atomic E-state index is 11.7. The first-order valence-electron chi connectivity index (χ1n) is 6.88. The average molecular weight is 292 g/mol. The molecule has 0 radical (unpaired) electrons. The van der Waals surface area contributed by atoms with Gasteiger partial charge in [0.1, 0.15) is 11.8 Å². The molecule has 1 aliphatic rings. The lowest BCUT2D eigenvalue weighted by Crippen LogP contribution is -2.41. The largest absolute Gasteiger partial charge is 0.482 e. The van der Waals surface area contributed by atoms with Gasteiger partial charge < -0.3 is 20.1 Å². The molecule has 0 aliphatic carbocycles. The summed E-state index contributed by atoms with van der Waals surface area (Å²) in [6, 6.07) is 5.19. The van der Waals surface area contributed by atoms with E-state index >= 15 is 0 Å². The van der Waals surface area contributed by atoms with Crippen molar-refractivity contribution in [3.8, 4) is 5.75 Å². The van der Waals surface area contributed by atoms with Crippen molar-refractivity contribution in [2.45, 2.75) is 26.4 Å². The van der Waals surface area contributed by atoms with Crippen molar-refractivity contribution in [1.29, 1.82) is 0 Å². The van der Waals surface area contributed by atoms with Crippen molar-refractivity contribution in [2.75, 3.05) is 19.0 Å². The van der Waals surface area contributed by atoms with Gasteiger partial charge >= 0.3 is 5.97 Å². The Kier molecular flexibility index (Phi) is 4.80. The van der Waals surface area contributed by atoms with Gasteiger partial charge in [-0.2, -0.15) is 0 Å². The van der Waals surface area contributed by atoms with Crippen molar-refractivity contribution < 1.29 is 19.1 Å². The molecule has 1 aromatic carbocycles. The summed E-state index contributed by atoms with van der Waals surface area (Å²) in [5.74, 6) is 0.340. The van der Waals surface area contributed by atoms with Crippen LogP contribution in [0.2, 0.25) is 0 Å². The standard InChI is InChI=1S/C15H20N2O4/c1-9(2)14(15(19)20-3)16-7-10-4-5-12-11(6-10)17-13(18)8-21-12/h4-6,9,14,16H,7-8H2,1-3H3,(H,17,18). The third-order valence-electron chi connectivity index (χ3n) is 3.32.